The Kier molecular flexibility index (Phi) is 8.13. The molecule has 0 amide bonds. The van der Waals surface area contributed by atoms with Crippen molar-refractivity contribution in [2.24, 2.45) is 0 Å². The molecule has 3 heteroatoms. The zero-order valence-corrected chi connectivity index (χ0v) is 13.0. The molecule has 110 valence electrons. The Hall–Kier alpha value is -0.560. The van der Waals surface area contributed by atoms with Crippen LogP contribution in [0.1, 0.15) is 39.5 Å². The Labute approximate surface area is 119 Å². The summed E-state index contributed by atoms with van der Waals surface area (Å²) in [5, 5.41) is 3.69. The molecular formula is C16H31N3. The van der Waals surface area contributed by atoms with E-state index in [0.29, 0.717) is 12.1 Å². The largest absolute Gasteiger partial charge is 0.314 e. The zero-order valence-electron chi connectivity index (χ0n) is 13.0. The Morgan fingerprint density at radius 2 is 2.00 bits per heavy atom. The third-order valence-electron chi connectivity index (χ3n) is 4.15. The third kappa shape index (κ3) is 6.96. The normalized spacial score (nSPS) is 18.1. The van der Waals surface area contributed by atoms with E-state index in [0.717, 1.165) is 26.2 Å². The first-order valence-electron chi connectivity index (χ1n) is 7.73. The molecule has 0 radical (unpaired) electrons. The smallest absolute Gasteiger partial charge is 0.0598 e. The van der Waals surface area contributed by atoms with Crippen LogP contribution in [0.5, 0.6) is 0 Å². The van der Waals surface area contributed by atoms with Gasteiger partial charge >= 0.3 is 0 Å². The average Bonchev–Trinajstić information content (AvgIpc) is 2.40. The molecule has 0 saturated carbocycles. The summed E-state index contributed by atoms with van der Waals surface area (Å²) in [5.74, 6) is 2.73. The van der Waals surface area contributed by atoms with Crippen LogP contribution in [0.15, 0.2) is 0 Å². The highest BCUT2D eigenvalue weighted by molar-refractivity contribution is 4.90. The van der Waals surface area contributed by atoms with Gasteiger partial charge in [0.15, 0.2) is 0 Å². The summed E-state index contributed by atoms with van der Waals surface area (Å²) >= 11 is 0. The van der Waals surface area contributed by atoms with Crippen molar-refractivity contribution in [3.8, 4) is 12.3 Å². The van der Waals surface area contributed by atoms with Gasteiger partial charge in [-0.2, -0.15) is 0 Å². The molecule has 0 aromatic rings. The lowest BCUT2D eigenvalue weighted by molar-refractivity contribution is 0.216. The molecular weight excluding hydrogens is 234 g/mol. The van der Waals surface area contributed by atoms with Gasteiger partial charge in [-0.25, -0.2) is 0 Å². The molecule has 1 saturated heterocycles. The van der Waals surface area contributed by atoms with Crippen molar-refractivity contribution in [3.05, 3.63) is 0 Å². The van der Waals surface area contributed by atoms with Gasteiger partial charge in [-0.3, -0.25) is 4.90 Å². The maximum absolute atomic E-state index is 5.34. The highest BCUT2D eigenvalue weighted by atomic mass is 15.1. The molecule has 1 N–H and O–H groups in total. The van der Waals surface area contributed by atoms with Crippen LogP contribution in [0, 0.1) is 12.3 Å². The summed E-state index contributed by atoms with van der Waals surface area (Å²) in [6.45, 7) is 9.99. The van der Waals surface area contributed by atoms with Crippen LogP contribution in [-0.2, 0) is 0 Å². The standard InChI is InChI=1S/C16H31N3/c1-5-11-19-13-8-16(9-14-19)17-10-6-7-12-18(4)15(2)3/h1,15-17H,6-14H2,2-4H3. The van der Waals surface area contributed by atoms with Crippen LogP contribution in [0.2, 0.25) is 0 Å². The highest BCUT2D eigenvalue weighted by Gasteiger charge is 2.17. The molecule has 1 rings (SSSR count). The van der Waals surface area contributed by atoms with E-state index in [1.165, 1.54) is 32.2 Å². The Balaban J connectivity index is 1.98. The van der Waals surface area contributed by atoms with E-state index in [2.05, 4.69) is 41.9 Å². The number of nitrogens with one attached hydrogen (secondary N) is 1. The van der Waals surface area contributed by atoms with Crippen molar-refractivity contribution >= 4 is 0 Å². The van der Waals surface area contributed by atoms with Crippen molar-refractivity contribution in [1.29, 1.82) is 0 Å². The molecule has 0 bridgehead atoms. The van der Waals surface area contributed by atoms with Crippen LogP contribution < -0.4 is 5.32 Å². The summed E-state index contributed by atoms with van der Waals surface area (Å²) in [6, 6.07) is 1.37. The maximum atomic E-state index is 5.34. The van der Waals surface area contributed by atoms with Crippen molar-refractivity contribution < 1.29 is 0 Å². The topological polar surface area (TPSA) is 18.5 Å². The Bertz CT molecular complexity index is 262. The zero-order chi connectivity index (χ0) is 14.1. The predicted octanol–water partition coefficient (Wildman–Crippen LogP) is 1.79. The van der Waals surface area contributed by atoms with Crippen molar-refractivity contribution in [2.75, 3.05) is 39.8 Å². The average molecular weight is 265 g/mol. The van der Waals surface area contributed by atoms with E-state index < -0.39 is 0 Å². The van der Waals surface area contributed by atoms with Crippen LogP contribution in [-0.4, -0.2) is 61.7 Å². The molecule has 1 heterocycles. The van der Waals surface area contributed by atoms with Gasteiger partial charge in [-0.1, -0.05) is 5.92 Å². The summed E-state index contributed by atoms with van der Waals surface area (Å²) in [7, 11) is 2.21. The van der Waals surface area contributed by atoms with Gasteiger partial charge < -0.3 is 10.2 Å². The first-order valence-corrected chi connectivity index (χ1v) is 7.73. The lowest BCUT2D eigenvalue weighted by Crippen LogP contribution is -2.42. The van der Waals surface area contributed by atoms with E-state index in [1.54, 1.807) is 0 Å². The van der Waals surface area contributed by atoms with Gasteiger partial charge in [-0.05, 0) is 59.7 Å². The van der Waals surface area contributed by atoms with E-state index in [-0.39, 0.29) is 0 Å². The minimum atomic E-state index is 0.661. The fraction of sp³-hybridized carbons (Fsp3) is 0.875. The fourth-order valence-electron chi connectivity index (χ4n) is 2.47. The van der Waals surface area contributed by atoms with E-state index in [9.17, 15) is 0 Å². The van der Waals surface area contributed by atoms with Crippen molar-refractivity contribution in [1.82, 2.24) is 15.1 Å². The number of unbranched alkanes of at least 4 members (excludes halogenated alkanes) is 1. The lowest BCUT2D eigenvalue weighted by atomic mass is 10.0. The molecule has 1 aliphatic heterocycles. The van der Waals surface area contributed by atoms with Crippen LogP contribution >= 0.6 is 0 Å². The first-order chi connectivity index (χ1) is 9.13. The monoisotopic (exact) mass is 265 g/mol. The van der Waals surface area contributed by atoms with E-state index in [1.807, 2.05) is 0 Å². The maximum Gasteiger partial charge on any atom is 0.0598 e. The molecule has 0 aromatic heterocycles. The minimum absolute atomic E-state index is 0.661. The van der Waals surface area contributed by atoms with Crippen LogP contribution in [0.3, 0.4) is 0 Å². The predicted molar refractivity (Wildman–Crippen MR) is 83.3 cm³/mol. The summed E-state index contributed by atoms with van der Waals surface area (Å²) in [5.41, 5.74) is 0. The van der Waals surface area contributed by atoms with Crippen molar-refractivity contribution in [3.63, 3.8) is 0 Å². The fourth-order valence-corrected chi connectivity index (χ4v) is 2.47. The highest BCUT2D eigenvalue weighted by Crippen LogP contribution is 2.09. The summed E-state index contributed by atoms with van der Waals surface area (Å²) in [6.07, 6.45) is 10.4. The number of piperidine rings is 1. The molecule has 19 heavy (non-hydrogen) atoms. The van der Waals surface area contributed by atoms with Gasteiger partial charge in [0.25, 0.3) is 0 Å². The Morgan fingerprint density at radius 1 is 1.32 bits per heavy atom. The molecule has 1 aliphatic rings. The lowest BCUT2D eigenvalue weighted by Gasteiger charge is -2.31. The Morgan fingerprint density at radius 3 is 2.58 bits per heavy atom. The van der Waals surface area contributed by atoms with Crippen LogP contribution in [0.25, 0.3) is 0 Å². The molecule has 3 nitrogen and oxygen atoms in total. The molecule has 0 spiro atoms. The van der Waals surface area contributed by atoms with Crippen molar-refractivity contribution in [2.45, 2.75) is 51.6 Å². The molecule has 0 aromatic carbocycles. The van der Waals surface area contributed by atoms with Gasteiger partial charge in [-0.15, -0.1) is 6.42 Å². The second-order valence-corrected chi connectivity index (χ2v) is 5.99. The minimum Gasteiger partial charge on any atom is -0.314 e. The molecule has 0 unspecified atom stereocenters. The quantitative estimate of drug-likeness (QED) is 0.533. The summed E-state index contributed by atoms with van der Waals surface area (Å²) in [4.78, 5) is 4.79. The number of terminal acetylenes is 1. The number of nitrogens with zero attached hydrogens (tertiary/aromatic N) is 2. The van der Waals surface area contributed by atoms with Gasteiger partial charge in [0.1, 0.15) is 0 Å². The SMILES string of the molecule is C#CCN1CCC(NCCCCN(C)C(C)C)CC1. The second-order valence-electron chi connectivity index (χ2n) is 5.99. The molecule has 1 fully saturated rings. The molecule has 0 aliphatic carbocycles. The number of rotatable bonds is 8. The second kappa shape index (κ2) is 9.36. The number of likely N-dealkylation sites (tertiary alicyclic amines) is 1. The van der Waals surface area contributed by atoms with Crippen LogP contribution in [0.4, 0.5) is 0 Å². The number of hydrogen-bond acceptors (Lipinski definition) is 3. The van der Waals surface area contributed by atoms with E-state index >= 15 is 0 Å². The van der Waals surface area contributed by atoms with Gasteiger partial charge in [0.2, 0.25) is 0 Å². The van der Waals surface area contributed by atoms with Gasteiger partial charge in [0, 0.05) is 25.2 Å². The van der Waals surface area contributed by atoms with E-state index in [4.69, 9.17) is 6.42 Å². The number of hydrogen-bond donors (Lipinski definition) is 1. The molecule has 0 atom stereocenters. The third-order valence-corrected chi connectivity index (χ3v) is 4.15. The van der Waals surface area contributed by atoms with Gasteiger partial charge in [0.05, 0.1) is 6.54 Å². The summed E-state index contributed by atoms with van der Waals surface area (Å²) < 4.78 is 0. The first kappa shape index (κ1) is 16.5.